The Hall–Kier alpha value is -3.67. The number of carbonyl (C=O) groups excluding carboxylic acids is 1. The highest BCUT2D eigenvalue weighted by Crippen LogP contribution is 2.45. The van der Waals surface area contributed by atoms with Crippen LogP contribution in [0.15, 0.2) is 60.8 Å². The van der Waals surface area contributed by atoms with Crippen molar-refractivity contribution in [3.8, 4) is 11.4 Å². The van der Waals surface area contributed by atoms with Gasteiger partial charge in [-0.1, -0.05) is 19.1 Å². The zero-order chi connectivity index (χ0) is 25.4. The van der Waals surface area contributed by atoms with Crippen molar-refractivity contribution in [3.63, 3.8) is 0 Å². The highest BCUT2D eigenvalue weighted by atomic mass is 19.1. The molecule has 1 N–H and O–H groups in total. The van der Waals surface area contributed by atoms with Gasteiger partial charge in [-0.3, -0.25) is 4.79 Å². The lowest BCUT2D eigenvalue weighted by Crippen LogP contribution is -2.43. The summed E-state index contributed by atoms with van der Waals surface area (Å²) in [7, 11) is 0. The van der Waals surface area contributed by atoms with Crippen LogP contribution < -0.4 is 10.1 Å². The molecule has 4 aromatic rings. The number of halogens is 1. The van der Waals surface area contributed by atoms with Crippen molar-refractivity contribution >= 4 is 16.8 Å². The van der Waals surface area contributed by atoms with Crippen LogP contribution in [0.1, 0.15) is 42.0 Å². The van der Waals surface area contributed by atoms with Crippen molar-refractivity contribution < 1.29 is 13.9 Å². The van der Waals surface area contributed by atoms with E-state index in [0.29, 0.717) is 13.0 Å². The van der Waals surface area contributed by atoms with Gasteiger partial charge in [-0.2, -0.15) is 5.10 Å². The fourth-order valence-corrected chi connectivity index (χ4v) is 4.52. The van der Waals surface area contributed by atoms with E-state index in [-0.39, 0.29) is 23.2 Å². The van der Waals surface area contributed by atoms with Crippen LogP contribution in [-0.4, -0.2) is 28.3 Å². The highest BCUT2D eigenvalue weighted by molar-refractivity contribution is 5.85. The highest BCUT2D eigenvalue weighted by Gasteiger charge is 2.45. The van der Waals surface area contributed by atoms with Crippen molar-refractivity contribution in [1.29, 1.82) is 0 Å². The van der Waals surface area contributed by atoms with Crippen LogP contribution in [0.3, 0.4) is 0 Å². The second-order valence-electron chi connectivity index (χ2n) is 10.4. The quantitative estimate of drug-likeness (QED) is 0.333. The molecule has 1 aliphatic rings. The first-order valence-electron chi connectivity index (χ1n) is 12.5. The maximum absolute atomic E-state index is 13.3. The van der Waals surface area contributed by atoms with Gasteiger partial charge in [0.2, 0.25) is 5.91 Å². The maximum atomic E-state index is 13.3. The van der Waals surface area contributed by atoms with E-state index in [9.17, 15) is 9.18 Å². The molecule has 5 nitrogen and oxygen atoms in total. The lowest BCUT2D eigenvalue weighted by Gasteiger charge is -2.23. The molecule has 1 amide bonds. The molecular formula is C30H32FN3O2. The van der Waals surface area contributed by atoms with Crippen molar-refractivity contribution in [1.82, 2.24) is 15.1 Å². The third-order valence-corrected chi connectivity index (χ3v) is 7.36. The molecule has 186 valence electrons. The van der Waals surface area contributed by atoms with Crippen molar-refractivity contribution in [2.24, 2.45) is 5.41 Å². The predicted molar refractivity (Wildman–Crippen MR) is 140 cm³/mol. The fraction of sp³-hybridized carbons (Fsp3) is 0.333. The molecular weight excluding hydrogens is 453 g/mol. The summed E-state index contributed by atoms with van der Waals surface area (Å²) in [5.74, 6) is 0.544. The van der Waals surface area contributed by atoms with Crippen molar-refractivity contribution in [3.05, 3.63) is 88.9 Å². The predicted octanol–water partition coefficient (Wildman–Crippen LogP) is 6.00. The second kappa shape index (κ2) is 9.41. The minimum absolute atomic E-state index is 0.105. The first kappa shape index (κ1) is 24.0. The van der Waals surface area contributed by atoms with E-state index >= 15 is 0 Å². The van der Waals surface area contributed by atoms with Gasteiger partial charge in [0.1, 0.15) is 18.2 Å². The summed E-state index contributed by atoms with van der Waals surface area (Å²) in [6.07, 6.45) is 4.35. The molecule has 1 heterocycles. The minimum Gasteiger partial charge on any atom is -0.491 e. The molecule has 1 atom stereocenters. The summed E-state index contributed by atoms with van der Waals surface area (Å²) in [4.78, 5) is 12.9. The third-order valence-electron chi connectivity index (χ3n) is 7.36. The zero-order valence-electron chi connectivity index (χ0n) is 21.3. The van der Waals surface area contributed by atoms with E-state index < -0.39 is 0 Å². The number of ether oxygens (including phenoxy) is 1. The van der Waals surface area contributed by atoms with Crippen LogP contribution in [0, 0.1) is 32.0 Å². The lowest BCUT2D eigenvalue weighted by molar-refractivity contribution is -0.126. The molecule has 3 aromatic carbocycles. The smallest absolute Gasteiger partial charge is 0.226 e. The van der Waals surface area contributed by atoms with E-state index in [2.05, 4.69) is 43.3 Å². The Balaban J connectivity index is 1.34. The molecule has 1 saturated carbocycles. The van der Waals surface area contributed by atoms with Gasteiger partial charge in [0, 0.05) is 10.8 Å². The molecule has 1 aromatic heterocycles. The van der Waals surface area contributed by atoms with E-state index in [1.807, 2.05) is 25.1 Å². The summed E-state index contributed by atoms with van der Waals surface area (Å²) in [5.41, 5.74) is 6.43. The second-order valence-corrected chi connectivity index (χ2v) is 10.4. The molecule has 6 heteroatoms. The number of rotatable bonds is 8. The minimum atomic E-state index is -0.279. The maximum Gasteiger partial charge on any atom is 0.226 e. The molecule has 0 spiro atoms. The number of carbonyl (C=O) groups is 1. The normalized spacial score (nSPS) is 15.0. The van der Waals surface area contributed by atoms with Crippen LogP contribution in [0.25, 0.3) is 16.6 Å². The molecule has 0 unspecified atom stereocenters. The Morgan fingerprint density at radius 2 is 1.78 bits per heavy atom. The van der Waals surface area contributed by atoms with Gasteiger partial charge in [0.15, 0.2) is 0 Å². The number of hydrogen-bond donors (Lipinski definition) is 1. The van der Waals surface area contributed by atoms with E-state index in [1.165, 1.54) is 34.4 Å². The standard InChI is InChI=1S/C30H32FN3O2/c1-19-13-21(3)22(14-20(19)2)15-25(33-29(35)30(4)11-12-30)18-36-27-9-10-28-23(16-27)17-32-34(28)26-7-5-24(31)6-8-26/h5-10,13-14,16-17,25H,11-12,15,18H2,1-4H3,(H,33,35)/t25-/m0/s1. The summed E-state index contributed by atoms with van der Waals surface area (Å²) >= 11 is 0. The van der Waals surface area contributed by atoms with Gasteiger partial charge in [-0.15, -0.1) is 0 Å². The van der Waals surface area contributed by atoms with E-state index in [0.717, 1.165) is 35.2 Å². The number of nitrogens with zero attached hydrogens (tertiary/aromatic N) is 2. The molecule has 1 aliphatic carbocycles. The van der Waals surface area contributed by atoms with Gasteiger partial charge in [0.25, 0.3) is 0 Å². The number of fused-ring (bicyclic) bond motifs is 1. The van der Waals surface area contributed by atoms with Crippen LogP contribution in [0.5, 0.6) is 5.75 Å². The Morgan fingerprint density at radius 3 is 2.50 bits per heavy atom. The molecule has 0 radical (unpaired) electrons. The number of amides is 1. The Kier molecular flexibility index (Phi) is 6.29. The third kappa shape index (κ3) is 4.99. The lowest BCUT2D eigenvalue weighted by atomic mass is 9.96. The molecule has 36 heavy (non-hydrogen) atoms. The van der Waals surface area contributed by atoms with Gasteiger partial charge in [-0.25, -0.2) is 9.07 Å². The topological polar surface area (TPSA) is 56.1 Å². The molecule has 5 rings (SSSR count). The Bertz CT molecular complexity index is 1420. The van der Waals surface area contributed by atoms with Gasteiger partial charge in [0.05, 0.1) is 23.4 Å². The van der Waals surface area contributed by atoms with Gasteiger partial charge >= 0.3 is 0 Å². The Morgan fingerprint density at radius 1 is 1.06 bits per heavy atom. The number of aryl methyl sites for hydroxylation is 3. The average Bonchev–Trinajstić information content (AvgIpc) is 3.47. The van der Waals surface area contributed by atoms with E-state index in [1.54, 1.807) is 23.0 Å². The summed E-state index contributed by atoms with van der Waals surface area (Å²) in [6, 6.07) is 16.3. The molecule has 0 aliphatic heterocycles. The van der Waals surface area contributed by atoms with Crippen LogP contribution in [-0.2, 0) is 11.2 Å². The van der Waals surface area contributed by atoms with Crippen molar-refractivity contribution in [2.75, 3.05) is 6.61 Å². The average molecular weight is 486 g/mol. The van der Waals surface area contributed by atoms with Gasteiger partial charge < -0.3 is 10.1 Å². The van der Waals surface area contributed by atoms with Crippen LogP contribution in [0.2, 0.25) is 0 Å². The fourth-order valence-electron chi connectivity index (χ4n) is 4.52. The largest absolute Gasteiger partial charge is 0.491 e. The molecule has 0 saturated heterocycles. The number of nitrogens with one attached hydrogen (secondary N) is 1. The molecule has 1 fully saturated rings. The SMILES string of the molecule is Cc1cc(C)c(C[C@@H](COc2ccc3c(cnn3-c3ccc(F)cc3)c2)NC(=O)C2(C)CC2)cc1C. The van der Waals surface area contributed by atoms with Crippen LogP contribution >= 0.6 is 0 Å². The zero-order valence-corrected chi connectivity index (χ0v) is 21.3. The summed E-state index contributed by atoms with van der Waals surface area (Å²) < 4.78 is 21.3. The number of benzene rings is 3. The summed E-state index contributed by atoms with van der Waals surface area (Å²) in [5, 5.41) is 8.65. The van der Waals surface area contributed by atoms with Crippen LogP contribution in [0.4, 0.5) is 4.39 Å². The Labute approximate surface area is 211 Å². The first-order chi connectivity index (χ1) is 17.2. The monoisotopic (exact) mass is 485 g/mol. The van der Waals surface area contributed by atoms with E-state index in [4.69, 9.17) is 4.74 Å². The molecule has 0 bridgehead atoms. The first-order valence-corrected chi connectivity index (χ1v) is 12.5. The summed E-state index contributed by atoms with van der Waals surface area (Å²) in [6.45, 7) is 8.75. The van der Waals surface area contributed by atoms with Gasteiger partial charge in [-0.05, 0) is 105 Å². The number of hydrogen-bond acceptors (Lipinski definition) is 3. The number of aromatic nitrogens is 2. The van der Waals surface area contributed by atoms with Crippen molar-refractivity contribution in [2.45, 2.75) is 53.0 Å².